The maximum absolute atomic E-state index is 10.9. The number of carboxylic acid groups (broad SMARTS) is 1. The first-order valence-electron chi connectivity index (χ1n) is 4.24. The van der Waals surface area contributed by atoms with Gasteiger partial charge in [-0.2, -0.15) is 0 Å². The Morgan fingerprint density at radius 2 is 2.07 bits per heavy atom. The molecule has 0 aliphatic carbocycles. The minimum atomic E-state index is -1.03. The number of carbonyl (C=O) groups is 2. The van der Waals surface area contributed by atoms with E-state index in [1.807, 2.05) is 6.92 Å². The van der Waals surface area contributed by atoms with Crippen LogP contribution in [0.3, 0.4) is 0 Å². The largest absolute Gasteiger partial charge is 0.478 e. The van der Waals surface area contributed by atoms with E-state index < -0.39 is 11.9 Å². The first-order valence-corrected chi connectivity index (χ1v) is 4.24. The van der Waals surface area contributed by atoms with E-state index >= 15 is 0 Å². The number of carbonyl (C=O) groups excluding carboxylic acids is 1. The lowest BCUT2D eigenvalue weighted by Crippen LogP contribution is -2.06. The van der Waals surface area contributed by atoms with E-state index in [-0.39, 0.29) is 11.1 Å². The third-order valence-corrected chi connectivity index (χ3v) is 1.59. The fourth-order valence-electron chi connectivity index (χ4n) is 0.911. The molecule has 14 heavy (non-hydrogen) atoms. The molecule has 0 rings (SSSR count). The smallest absolute Gasteiger partial charge is 0.337 e. The minimum absolute atomic E-state index is 0.0540. The van der Waals surface area contributed by atoms with Gasteiger partial charge in [0.2, 0.25) is 0 Å². The zero-order valence-corrected chi connectivity index (χ0v) is 8.37. The summed E-state index contributed by atoms with van der Waals surface area (Å²) >= 11 is 0. The molecular formula is C10H14O4. The maximum atomic E-state index is 10.9. The van der Waals surface area contributed by atoms with Crippen molar-refractivity contribution in [3.8, 4) is 0 Å². The van der Waals surface area contributed by atoms with Crippen molar-refractivity contribution in [3.05, 3.63) is 23.8 Å². The summed E-state index contributed by atoms with van der Waals surface area (Å²) in [5, 5.41) is 8.75. The van der Waals surface area contributed by atoms with E-state index in [4.69, 9.17) is 5.11 Å². The Morgan fingerprint density at radius 3 is 2.43 bits per heavy atom. The number of carboxylic acids is 1. The summed E-state index contributed by atoms with van der Waals surface area (Å²) in [7, 11) is 1.22. The Bertz CT molecular complexity index is 276. The van der Waals surface area contributed by atoms with Crippen LogP contribution < -0.4 is 0 Å². The van der Waals surface area contributed by atoms with Gasteiger partial charge in [-0.3, -0.25) is 0 Å². The molecule has 1 N–H and O–H groups in total. The molecule has 0 amide bonds. The zero-order chi connectivity index (χ0) is 11.1. The van der Waals surface area contributed by atoms with Gasteiger partial charge in [0, 0.05) is 5.57 Å². The molecule has 0 aromatic heterocycles. The van der Waals surface area contributed by atoms with Crippen LogP contribution in [0.5, 0.6) is 0 Å². The Hall–Kier alpha value is -1.58. The van der Waals surface area contributed by atoms with Gasteiger partial charge in [0.25, 0.3) is 0 Å². The number of rotatable bonds is 5. The van der Waals surface area contributed by atoms with E-state index in [0.717, 1.165) is 0 Å². The highest BCUT2D eigenvalue weighted by atomic mass is 16.5. The maximum Gasteiger partial charge on any atom is 0.337 e. The zero-order valence-electron chi connectivity index (χ0n) is 8.37. The normalized spacial score (nSPS) is 10.9. The summed E-state index contributed by atoms with van der Waals surface area (Å²) in [5.41, 5.74) is 0.223. The van der Waals surface area contributed by atoms with Crippen LogP contribution in [0.4, 0.5) is 0 Å². The van der Waals surface area contributed by atoms with Crippen LogP contribution in [0.25, 0.3) is 0 Å². The lowest BCUT2D eigenvalue weighted by molar-refractivity contribution is -0.135. The minimum Gasteiger partial charge on any atom is -0.478 e. The van der Waals surface area contributed by atoms with Gasteiger partial charge in [-0.05, 0) is 12.5 Å². The second-order valence-corrected chi connectivity index (χ2v) is 2.74. The third-order valence-electron chi connectivity index (χ3n) is 1.59. The molecule has 0 bridgehead atoms. The van der Waals surface area contributed by atoms with Crippen molar-refractivity contribution in [3.63, 3.8) is 0 Å². The molecule has 0 aliphatic heterocycles. The van der Waals surface area contributed by atoms with Crippen molar-refractivity contribution in [2.45, 2.75) is 19.8 Å². The van der Waals surface area contributed by atoms with Gasteiger partial charge in [-0.1, -0.05) is 19.9 Å². The van der Waals surface area contributed by atoms with Crippen LogP contribution in [0.15, 0.2) is 23.8 Å². The van der Waals surface area contributed by atoms with Crippen molar-refractivity contribution in [1.82, 2.24) is 0 Å². The average Bonchev–Trinajstić information content (AvgIpc) is 2.15. The first kappa shape index (κ1) is 12.4. The molecule has 0 saturated heterocycles. The van der Waals surface area contributed by atoms with Crippen molar-refractivity contribution in [2.75, 3.05) is 7.11 Å². The van der Waals surface area contributed by atoms with Gasteiger partial charge in [0.1, 0.15) is 0 Å². The number of hydrogen-bond donors (Lipinski definition) is 1. The standard InChI is InChI=1S/C10H14O4/c1-4-5-8(9(11)12)6-7(2)10(13)14-3/h6H,2,4-5H2,1,3H3,(H,11,12). The number of methoxy groups -OCH3 is 1. The van der Waals surface area contributed by atoms with E-state index in [1.165, 1.54) is 13.2 Å². The summed E-state index contributed by atoms with van der Waals surface area (Å²) in [4.78, 5) is 21.6. The van der Waals surface area contributed by atoms with Gasteiger partial charge in [0.05, 0.1) is 12.7 Å². The fraction of sp³-hybridized carbons (Fsp3) is 0.400. The van der Waals surface area contributed by atoms with Crippen LogP contribution in [0.1, 0.15) is 19.8 Å². The first-order chi connectivity index (χ1) is 6.52. The molecule has 0 saturated carbocycles. The number of esters is 1. The van der Waals surface area contributed by atoms with Gasteiger partial charge in [-0.25, -0.2) is 9.59 Å². The second-order valence-electron chi connectivity index (χ2n) is 2.74. The molecule has 78 valence electrons. The number of ether oxygens (including phenoxy) is 1. The molecule has 0 radical (unpaired) electrons. The van der Waals surface area contributed by atoms with E-state index in [1.54, 1.807) is 0 Å². The van der Waals surface area contributed by atoms with Crippen molar-refractivity contribution < 1.29 is 19.4 Å². The van der Waals surface area contributed by atoms with Gasteiger partial charge < -0.3 is 9.84 Å². The molecular weight excluding hydrogens is 184 g/mol. The molecule has 0 heterocycles. The molecule has 0 aromatic rings. The summed E-state index contributed by atoms with van der Waals surface area (Å²) in [6, 6.07) is 0. The summed E-state index contributed by atoms with van der Waals surface area (Å²) in [5.74, 6) is -1.64. The molecule has 0 spiro atoms. The molecule has 4 nitrogen and oxygen atoms in total. The van der Waals surface area contributed by atoms with Crippen molar-refractivity contribution in [1.29, 1.82) is 0 Å². The van der Waals surface area contributed by atoms with Crippen LogP contribution >= 0.6 is 0 Å². The monoisotopic (exact) mass is 198 g/mol. The van der Waals surface area contributed by atoms with Crippen LogP contribution in [0, 0.1) is 0 Å². The molecule has 0 atom stereocenters. The quantitative estimate of drug-likeness (QED) is 0.413. The van der Waals surface area contributed by atoms with Crippen molar-refractivity contribution in [2.24, 2.45) is 0 Å². The Balaban J connectivity index is 4.65. The molecule has 0 aromatic carbocycles. The summed E-state index contributed by atoms with van der Waals surface area (Å²) in [6.45, 7) is 5.27. The Labute approximate surface area is 82.9 Å². The SMILES string of the molecule is C=C(C=C(CCC)C(=O)O)C(=O)OC. The lowest BCUT2D eigenvalue weighted by Gasteiger charge is -2.01. The van der Waals surface area contributed by atoms with E-state index in [0.29, 0.717) is 12.8 Å². The molecule has 0 aliphatic rings. The van der Waals surface area contributed by atoms with E-state index in [2.05, 4.69) is 11.3 Å². The third kappa shape index (κ3) is 3.89. The second kappa shape index (κ2) is 5.96. The number of aliphatic carboxylic acids is 1. The van der Waals surface area contributed by atoms with Gasteiger partial charge in [0.15, 0.2) is 0 Å². The van der Waals surface area contributed by atoms with Crippen LogP contribution in [-0.4, -0.2) is 24.2 Å². The summed E-state index contributed by atoms with van der Waals surface area (Å²) in [6.07, 6.45) is 2.36. The van der Waals surface area contributed by atoms with Gasteiger partial charge in [-0.15, -0.1) is 0 Å². The lowest BCUT2D eigenvalue weighted by atomic mass is 10.1. The Kier molecular flexibility index (Phi) is 5.29. The molecule has 4 heteroatoms. The van der Waals surface area contributed by atoms with Crippen molar-refractivity contribution >= 4 is 11.9 Å². The Morgan fingerprint density at radius 1 is 1.50 bits per heavy atom. The van der Waals surface area contributed by atoms with Gasteiger partial charge >= 0.3 is 11.9 Å². The fourth-order valence-corrected chi connectivity index (χ4v) is 0.911. The highest BCUT2D eigenvalue weighted by Gasteiger charge is 2.10. The van der Waals surface area contributed by atoms with E-state index in [9.17, 15) is 9.59 Å². The highest BCUT2D eigenvalue weighted by molar-refractivity contribution is 5.95. The average molecular weight is 198 g/mol. The van der Waals surface area contributed by atoms with Crippen LogP contribution in [0.2, 0.25) is 0 Å². The predicted octanol–water partition coefficient (Wildman–Crippen LogP) is 1.53. The topological polar surface area (TPSA) is 63.6 Å². The predicted molar refractivity (Wildman–Crippen MR) is 51.8 cm³/mol. The summed E-state index contributed by atoms with van der Waals surface area (Å²) < 4.78 is 4.39. The molecule has 0 unspecified atom stereocenters. The highest BCUT2D eigenvalue weighted by Crippen LogP contribution is 2.09. The van der Waals surface area contributed by atoms with Crippen LogP contribution in [-0.2, 0) is 14.3 Å². The number of hydrogen-bond acceptors (Lipinski definition) is 3. The molecule has 0 fully saturated rings.